The number of hydrogen-bond acceptors (Lipinski definition) is 2. The summed E-state index contributed by atoms with van der Waals surface area (Å²) in [6.45, 7) is 0. The first-order valence-electron chi connectivity index (χ1n) is 2.74. The van der Waals surface area contributed by atoms with Gasteiger partial charge in [-0.2, -0.15) is 8.42 Å². The van der Waals surface area contributed by atoms with Crippen LogP contribution in [0.25, 0.3) is 0 Å². The van der Waals surface area contributed by atoms with Crippen LogP contribution >= 0.6 is 22.6 Å². The molecule has 0 bridgehead atoms. The molecule has 0 saturated carbocycles. The molecule has 1 N–H and O–H groups in total. The van der Waals surface area contributed by atoms with Crippen molar-refractivity contribution in [1.82, 2.24) is 0 Å². The van der Waals surface area contributed by atoms with Gasteiger partial charge in [0.2, 0.25) is 0 Å². The molecule has 0 heterocycles. The third-order valence-electron chi connectivity index (χ3n) is 1.11. The Morgan fingerprint density at radius 1 is 1.25 bits per heavy atom. The average Bonchev–Trinajstić information content (AvgIpc) is 1.86. The maximum atomic E-state index is 10.6. The molecule has 3 nitrogen and oxygen atoms in total. The Morgan fingerprint density at radius 2 is 1.75 bits per heavy atom. The third kappa shape index (κ3) is 3.26. The second-order valence-corrected chi connectivity index (χ2v) is 4.46. The van der Waals surface area contributed by atoms with Crippen LogP contribution in [0.5, 0.6) is 0 Å². The van der Waals surface area contributed by atoms with Crippen LogP contribution in [0, 0.1) is 3.57 Å². The standard InChI is InChI=1S/C6H5IO3S.Tl/c7-5-3-1-2-4-6(5)11(8,9)10;/h1-4H,(H,8,9,10);. The Kier molecular flexibility index (Phi) is 5.18. The Labute approximate surface area is 105 Å². The molecule has 1 aromatic carbocycles. The van der Waals surface area contributed by atoms with Crippen molar-refractivity contribution in [3.05, 3.63) is 27.8 Å². The molecule has 6 heteroatoms. The van der Waals surface area contributed by atoms with E-state index in [1.54, 1.807) is 18.2 Å². The van der Waals surface area contributed by atoms with E-state index < -0.39 is 10.1 Å². The summed E-state index contributed by atoms with van der Waals surface area (Å²) in [5, 5.41) is 0. The van der Waals surface area contributed by atoms with Crippen molar-refractivity contribution >= 4 is 60.0 Å². The first-order valence-corrected chi connectivity index (χ1v) is 5.26. The van der Waals surface area contributed by atoms with Crippen molar-refractivity contribution in [2.45, 2.75) is 4.90 Å². The Balaban J connectivity index is 0.00000121. The van der Waals surface area contributed by atoms with Gasteiger partial charge in [-0.1, -0.05) is 12.1 Å². The largest absolute Gasteiger partial charge is 0.295 e. The summed E-state index contributed by atoms with van der Waals surface area (Å²) < 4.78 is 30.4. The molecule has 0 spiro atoms. The van der Waals surface area contributed by atoms with Crippen LogP contribution in [0.1, 0.15) is 0 Å². The second-order valence-electron chi connectivity index (χ2n) is 1.91. The van der Waals surface area contributed by atoms with Gasteiger partial charge in [-0.05, 0) is 34.7 Å². The first kappa shape index (κ1) is 12.8. The van der Waals surface area contributed by atoms with E-state index in [0.717, 1.165) is 0 Å². The van der Waals surface area contributed by atoms with Gasteiger partial charge in [-0.25, -0.2) is 0 Å². The fourth-order valence-electron chi connectivity index (χ4n) is 0.654. The summed E-state index contributed by atoms with van der Waals surface area (Å²) in [7, 11) is -4.04. The minimum atomic E-state index is -4.04. The van der Waals surface area contributed by atoms with Crippen molar-refractivity contribution in [2.24, 2.45) is 0 Å². The van der Waals surface area contributed by atoms with Gasteiger partial charge in [-0.15, -0.1) is 0 Å². The molecule has 0 aromatic heterocycles. The summed E-state index contributed by atoms with van der Waals surface area (Å²) in [6, 6.07) is 6.24. The van der Waals surface area contributed by atoms with E-state index >= 15 is 0 Å². The molecule has 0 atom stereocenters. The fraction of sp³-hybridized carbons (Fsp3) is 0. The van der Waals surface area contributed by atoms with Gasteiger partial charge in [0.25, 0.3) is 10.1 Å². The van der Waals surface area contributed by atoms with Gasteiger partial charge in [0.1, 0.15) is 4.90 Å². The van der Waals surface area contributed by atoms with Gasteiger partial charge in [0.05, 0.1) is 0 Å². The van der Waals surface area contributed by atoms with Crippen molar-refractivity contribution in [1.29, 1.82) is 0 Å². The van der Waals surface area contributed by atoms with Crippen LogP contribution in [0.2, 0.25) is 0 Å². The molecule has 0 aliphatic heterocycles. The molecule has 0 fully saturated rings. The smallest absolute Gasteiger partial charge is 0.282 e. The summed E-state index contributed by atoms with van der Waals surface area (Å²) in [5.74, 6) is 0. The van der Waals surface area contributed by atoms with E-state index in [9.17, 15) is 8.42 Å². The quantitative estimate of drug-likeness (QED) is 0.367. The normalized spacial score (nSPS) is 10.5. The zero-order valence-corrected chi connectivity index (χ0v) is 13.4. The van der Waals surface area contributed by atoms with Crippen LogP contribution in [-0.4, -0.2) is 40.3 Å². The van der Waals surface area contributed by atoms with Crippen molar-refractivity contribution in [2.75, 3.05) is 0 Å². The minimum Gasteiger partial charge on any atom is -0.282 e. The maximum absolute atomic E-state index is 10.6. The monoisotopic (exact) mass is 489 g/mol. The molecule has 12 heavy (non-hydrogen) atoms. The van der Waals surface area contributed by atoms with E-state index in [1.807, 2.05) is 22.6 Å². The first-order chi connectivity index (χ1) is 5.02. The second kappa shape index (κ2) is 4.86. The van der Waals surface area contributed by atoms with Crippen molar-refractivity contribution in [3.8, 4) is 0 Å². The summed E-state index contributed by atoms with van der Waals surface area (Å²) in [6.07, 6.45) is 0. The van der Waals surface area contributed by atoms with Crippen molar-refractivity contribution < 1.29 is 13.0 Å². The fourth-order valence-corrected chi connectivity index (χ4v) is 2.44. The Morgan fingerprint density at radius 3 is 2.08 bits per heavy atom. The van der Waals surface area contributed by atoms with Gasteiger partial charge < -0.3 is 0 Å². The van der Waals surface area contributed by atoms with Gasteiger partial charge in [-0.3, -0.25) is 4.55 Å². The molecule has 1 radical (unpaired) electrons. The third-order valence-corrected chi connectivity index (χ3v) is 3.33. The SMILES string of the molecule is O=S(=O)(O)c1ccccc1I.[Tl]. The van der Waals surface area contributed by atoms with Crippen LogP contribution < -0.4 is 0 Å². The van der Waals surface area contributed by atoms with E-state index in [-0.39, 0.29) is 32.2 Å². The zero-order chi connectivity index (χ0) is 8.48. The number of hydrogen-bond donors (Lipinski definition) is 1. The van der Waals surface area contributed by atoms with Gasteiger partial charge in [0, 0.05) is 30.9 Å². The van der Waals surface area contributed by atoms with Crippen LogP contribution in [0.15, 0.2) is 29.2 Å². The summed E-state index contributed by atoms with van der Waals surface area (Å²) in [5.41, 5.74) is 0. The maximum Gasteiger partial charge on any atom is 0.295 e. The number of halogens is 1. The average molecular weight is 488 g/mol. The van der Waals surface area contributed by atoms with E-state index in [2.05, 4.69) is 0 Å². The summed E-state index contributed by atoms with van der Waals surface area (Å²) >= 11 is 1.85. The van der Waals surface area contributed by atoms with E-state index in [4.69, 9.17) is 4.55 Å². The number of benzene rings is 1. The molecule has 63 valence electrons. The summed E-state index contributed by atoms with van der Waals surface area (Å²) in [4.78, 5) is -0.0411. The predicted molar refractivity (Wildman–Crippen MR) is 54.7 cm³/mol. The molecular formula is C6H5IO3STl. The van der Waals surface area contributed by atoms with Crippen molar-refractivity contribution in [3.63, 3.8) is 0 Å². The zero-order valence-electron chi connectivity index (χ0n) is 5.94. The van der Waals surface area contributed by atoms with Crippen LogP contribution in [0.4, 0.5) is 0 Å². The molecule has 0 saturated heterocycles. The van der Waals surface area contributed by atoms with E-state index in [1.165, 1.54) is 6.07 Å². The topological polar surface area (TPSA) is 54.4 Å². The van der Waals surface area contributed by atoms with Crippen LogP contribution in [-0.2, 0) is 10.1 Å². The van der Waals surface area contributed by atoms with Crippen LogP contribution in [0.3, 0.4) is 0 Å². The molecular weight excluding hydrogens is 483 g/mol. The molecule has 0 aliphatic rings. The molecule has 0 unspecified atom stereocenters. The predicted octanol–water partition coefficient (Wildman–Crippen LogP) is 1.16. The number of rotatable bonds is 1. The minimum absolute atomic E-state index is 0. The molecule has 1 rings (SSSR count). The Hall–Kier alpha value is 0.782. The van der Waals surface area contributed by atoms with Gasteiger partial charge in [0.15, 0.2) is 0 Å². The molecule has 0 aliphatic carbocycles. The van der Waals surface area contributed by atoms with Gasteiger partial charge >= 0.3 is 0 Å². The Bertz CT molecular complexity index is 363. The molecule has 0 amide bonds. The molecule has 1 aromatic rings. The van der Waals surface area contributed by atoms with E-state index in [0.29, 0.717) is 3.57 Å².